The van der Waals surface area contributed by atoms with E-state index in [1.165, 1.54) is 0 Å². The monoisotopic (exact) mass is 300 g/mol. The zero-order valence-corrected chi connectivity index (χ0v) is 13.0. The molecule has 0 saturated carbocycles. The highest BCUT2D eigenvalue weighted by Gasteiger charge is 2.10. The predicted molar refractivity (Wildman–Crippen MR) is 84.9 cm³/mol. The molecule has 4 heteroatoms. The second kappa shape index (κ2) is 6.62. The maximum atomic E-state index is 8.95. The molecule has 108 valence electrons. The average Bonchev–Trinajstić information content (AvgIpc) is 2.49. The number of hydrogen-bond donors (Lipinski definition) is 1. The van der Waals surface area contributed by atoms with Gasteiger partial charge in [-0.15, -0.1) is 0 Å². The quantitative estimate of drug-likeness (QED) is 0.898. The summed E-state index contributed by atoms with van der Waals surface area (Å²) in [5.41, 5.74) is 2.56. The van der Waals surface area contributed by atoms with Crippen LogP contribution in [0.3, 0.4) is 0 Å². The Balaban J connectivity index is 2.29. The van der Waals surface area contributed by atoms with Gasteiger partial charge in [0.1, 0.15) is 11.5 Å². The van der Waals surface area contributed by atoms with E-state index in [1.807, 2.05) is 39.1 Å². The summed E-state index contributed by atoms with van der Waals surface area (Å²) in [5.74, 6) is 1.32. The largest absolute Gasteiger partial charge is 0.457 e. The van der Waals surface area contributed by atoms with Crippen LogP contribution in [0.4, 0.5) is 0 Å². The summed E-state index contributed by atoms with van der Waals surface area (Å²) in [5, 5.41) is 12.8. The Morgan fingerprint density at radius 2 is 2.00 bits per heavy atom. The van der Waals surface area contributed by atoms with Crippen LogP contribution in [0, 0.1) is 18.3 Å². The van der Waals surface area contributed by atoms with Crippen LogP contribution in [0.5, 0.6) is 11.5 Å². The molecule has 0 saturated heterocycles. The Labute approximate surface area is 130 Å². The molecule has 21 heavy (non-hydrogen) atoms. The van der Waals surface area contributed by atoms with Crippen molar-refractivity contribution < 1.29 is 4.74 Å². The minimum absolute atomic E-state index is 0.176. The van der Waals surface area contributed by atoms with Crippen molar-refractivity contribution in [1.82, 2.24) is 5.32 Å². The first-order valence-corrected chi connectivity index (χ1v) is 7.08. The molecule has 0 aromatic heterocycles. The number of aryl methyl sites for hydroxylation is 1. The van der Waals surface area contributed by atoms with Gasteiger partial charge in [0, 0.05) is 11.1 Å². The van der Waals surface area contributed by atoms with Gasteiger partial charge in [-0.3, -0.25) is 0 Å². The number of nitrogens with zero attached hydrogens (tertiary/aromatic N) is 1. The van der Waals surface area contributed by atoms with Crippen LogP contribution in [0.2, 0.25) is 5.02 Å². The summed E-state index contributed by atoms with van der Waals surface area (Å²) in [6.45, 7) is 3.98. The van der Waals surface area contributed by atoms with Crippen LogP contribution >= 0.6 is 11.6 Å². The molecule has 2 rings (SSSR count). The Morgan fingerprint density at radius 3 is 2.62 bits per heavy atom. The lowest BCUT2D eigenvalue weighted by Gasteiger charge is -2.14. The first kappa shape index (κ1) is 15.4. The van der Waals surface area contributed by atoms with E-state index in [0.29, 0.717) is 22.1 Å². The van der Waals surface area contributed by atoms with Crippen molar-refractivity contribution >= 4 is 11.6 Å². The van der Waals surface area contributed by atoms with Crippen LogP contribution < -0.4 is 10.1 Å². The van der Waals surface area contributed by atoms with Gasteiger partial charge in [0.2, 0.25) is 0 Å². The van der Waals surface area contributed by atoms with Crippen molar-refractivity contribution in [2.45, 2.75) is 19.9 Å². The Morgan fingerprint density at radius 1 is 1.24 bits per heavy atom. The SMILES string of the molecule is CNC(C)c1ccc(Oc2cc(C#N)ccc2C)cc1Cl. The molecular weight excluding hydrogens is 284 g/mol. The molecular formula is C17H17ClN2O. The molecule has 1 atom stereocenters. The number of nitrogens with one attached hydrogen (secondary N) is 1. The highest BCUT2D eigenvalue weighted by Crippen LogP contribution is 2.31. The van der Waals surface area contributed by atoms with Crippen LogP contribution in [-0.2, 0) is 0 Å². The molecule has 0 aliphatic heterocycles. The zero-order valence-electron chi connectivity index (χ0n) is 12.3. The lowest BCUT2D eigenvalue weighted by atomic mass is 10.1. The summed E-state index contributed by atoms with van der Waals surface area (Å²) in [6, 6.07) is 13.3. The molecule has 0 amide bonds. The van der Waals surface area contributed by atoms with Crippen molar-refractivity contribution in [2.75, 3.05) is 7.05 Å². The van der Waals surface area contributed by atoms with Crippen LogP contribution in [0.1, 0.15) is 29.7 Å². The summed E-state index contributed by atoms with van der Waals surface area (Å²) < 4.78 is 5.84. The summed E-state index contributed by atoms with van der Waals surface area (Å²) >= 11 is 6.30. The first-order valence-electron chi connectivity index (χ1n) is 6.70. The molecule has 0 aliphatic rings. The van der Waals surface area contributed by atoms with Crippen LogP contribution in [0.15, 0.2) is 36.4 Å². The Bertz CT molecular complexity index is 692. The zero-order chi connectivity index (χ0) is 15.4. The predicted octanol–water partition coefficient (Wildman–Crippen LogP) is 4.59. The minimum atomic E-state index is 0.176. The van der Waals surface area contributed by atoms with Crippen LogP contribution in [-0.4, -0.2) is 7.05 Å². The van der Waals surface area contributed by atoms with Gasteiger partial charge in [0.05, 0.1) is 11.6 Å². The molecule has 2 aromatic carbocycles. The molecule has 1 N–H and O–H groups in total. The van der Waals surface area contributed by atoms with Gasteiger partial charge in [-0.05, 0) is 56.3 Å². The number of benzene rings is 2. The topological polar surface area (TPSA) is 45.0 Å². The average molecular weight is 301 g/mol. The summed E-state index contributed by atoms with van der Waals surface area (Å²) in [6.07, 6.45) is 0. The summed E-state index contributed by atoms with van der Waals surface area (Å²) in [7, 11) is 1.89. The number of nitriles is 1. The molecule has 0 bridgehead atoms. The van der Waals surface area contributed by atoms with Gasteiger partial charge in [-0.25, -0.2) is 0 Å². The molecule has 0 aliphatic carbocycles. The number of rotatable bonds is 4. The van der Waals surface area contributed by atoms with E-state index in [9.17, 15) is 0 Å². The molecule has 0 spiro atoms. The third kappa shape index (κ3) is 3.55. The van der Waals surface area contributed by atoms with E-state index in [0.717, 1.165) is 11.1 Å². The Kier molecular flexibility index (Phi) is 4.85. The van der Waals surface area contributed by atoms with E-state index >= 15 is 0 Å². The van der Waals surface area contributed by atoms with Crippen molar-refractivity contribution in [3.05, 3.63) is 58.1 Å². The minimum Gasteiger partial charge on any atom is -0.457 e. The van der Waals surface area contributed by atoms with Gasteiger partial charge in [-0.1, -0.05) is 23.7 Å². The number of halogens is 1. The summed E-state index contributed by atoms with van der Waals surface area (Å²) in [4.78, 5) is 0. The van der Waals surface area contributed by atoms with Crippen molar-refractivity contribution in [3.63, 3.8) is 0 Å². The van der Waals surface area contributed by atoms with E-state index in [-0.39, 0.29) is 6.04 Å². The molecule has 0 fully saturated rings. The third-order valence-corrected chi connectivity index (χ3v) is 3.74. The molecule has 0 heterocycles. The second-order valence-corrected chi connectivity index (χ2v) is 5.30. The molecule has 0 radical (unpaired) electrons. The fraction of sp³-hybridized carbons (Fsp3) is 0.235. The fourth-order valence-electron chi connectivity index (χ4n) is 1.98. The smallest absolute Gasteiger partial charge is 0.131 e. The maximum absolute atomic E-state index is 8.95. The fourth-order valence-corrected chi connectivity index (χ4v) is 2.32. The van der Waals surface area contributed by atoms with Crippen LogP contribution in [0.25, 0.3) is 0 Å². The van der Waals surface area contributed by atoms with Crippen molar-refractivity contribution in [1.29, 1.82) is 5.26 Å². The molecule has 2 aromatic rings. The van der Waals surface area contributed by atoms with Gasteiger partial charge < -0.3 is 10.1 Å². The van der Waals surface area contributed by atoms with Gasteiger partial charge in [0.25, 0.3) is 0 Å². The molecule has 1 unspecified atom stereocenters. The maximum Gasteiger partial charge on any atom is 0.131 e. The Hall–Kier alpha value is -2.02. The lowest BCUT2D eigenvalue weighted by Crippen LogP contribution is -2.12. The number of hydrogen-bond acceptors (Lipinski definition) is 3. The number of ether oxygens (including phenoxy) is 1. The lowest BCUT2D eigenvalue weighted by molar-refractivity contribution is 0.478. The van der Waals surface area contributed by atoms with Crippen molar-refractivity contribution in [2.24, 2.45) is 0 Å². The van der Waals surface area contributed by atoms with E-state index < -0.39 is 0 Å². The van der Waals surface area contributed by atoms with Gasteiger partial charge in [0.15, 0.2) is 0 Å². The van der Waals surface area contributed by atoms with Gasteiger partial charge >= 0.3 is 0 Å². The normalized spacial score (nSPS) is 11.8. The van der Waals surface area contributed by atoms with E-state index in [4.69, 9.17) is 21.6 Å². The third-order valence-electron chi connectivity index (χ3n) is 3.42. The first-order chi connectivity index (χ1) is 10.0. The second-order valence-electron chi connectivity index (χ2n) is 4.89. The van der Waals surface area contributed by atoms with Crippen molar-refractivity contribution in [3.8, 4) is 17.6 Å². The van der Waals surface area contributed by atoms with E-state index in [2.05, 4.69) is 11.4 Å². The van der Waals surface area contributed by atoms with E-state index in [1.54, 1.807) is 18.2 Å². The molecule has 3 nitrogen and oxygen atoms in total. The standard InChI is InChI=1S/C17H17ClN2O/c1-11-4-5-13(10-19)8-17(11)21-14-6-7-15(12(2)20-3)16(18)9-14/h4-9,12,20H,1-3H3. The van der Waals surface area contributed by atoms with Gasteiger partial charge in [-0.2, -0.15) is 5.26 Å². The highest BCUT2D eigenvalue weighted by atomic mass is 35.5. The highest BCUT2D eigenvalue weighted by molar-refractivity contribution is 6.31.